The Labute approximate surface area is 116 Å². The largest absolute Gasteiger partial charge is 0.455 e. The summed E-state index contributed by atoms with van der Waals surface area (Å²) in [6.07, 6.45) is 0.652. The molecule has 0 amide bonds. The van der Waals surface area contributed by atoms with Crippen molar-refractivity contribution in [3.05, 3.63) is 57.3 Å². The van der Waals surface area contributed by atoms with Gasteiger partial charge in [-0.15, -0.1) is 0 Å². The van der Waals surface area contributed by atoms with Gasteiger partial charge in [0, 0.05) is 17.2 Å². The van der Waals surface area contributed by atoms with Crippen LogP contribution in [-0.4, -0.2) is 6.29 Å². The molecule has 5 heteroatoms. The molecule has 0 unspecified atom stereocenters. The number of rotatable bonds is 3. The van der Waals surface area contributed by atoms with Gasteiger partial charge in [0.05, 0.1) is 10.0 Å². The minimum atomic E-state index is -0.428. The molecule has 0 aliphatic carbocycles. The number of carbonyl (C=O) groups is 1. The summed E-state index contributed by atoms with van der Waals surface area (Å²) in [5.74, 6) is 0.132. The molecule has 2 rings (SSSR count). The summed E-state index contributed by atoms with van der Waals surface area (Å²) in [5.41, 5.74) is 0.343. The van der Waals surface area contributed by atoms with Crippen molar-refractivity contribution < 1.29 is 13.9 Å². The maximum absolute atomic E-state index is 13.1. The van der Waals surface area contributed by atoms with E-state index in [1.54, 1.807) is 6.07 Å². The van der Waals surface area contributed by atoms with Crippen molar-refractivity contribution >= 4 is 33.8 Å². The van der Waals surface area contributed by atoms with Crippen LogP contribution in [0.25, 0.3) is 0 Å². The molecule has 0 aliphatic heterocycles. The van der Waals surface area contributed by atoms with Crippen LogP contribution >= 0.6 is 27.5 Å². The lowest BCUT2D eigenvalue weighted by atomic mass is 10.2. The normalized spacial score (nSPS) is 10.2. The van der Waals surface area contributed by atoms with E-state index in [1.807, 2.05) is 0 Å². The Kier molecular flexibility index (Phi) is 3.99. The standard InChI is InChI=1S/C13H7BrClFO2/c14-11-4-3-10(16)6-13(11)18-12-5-9(15)2-1-8(12)7-17/h1-7H. The molecule has 0 N–H and O–H groups in total. The van der Waals surface area contributed by atoms with Crippen molar-refractivity contribution in [1.29, 1.82) is 0 Å². The van der Waals surface area contributed by atoms with E-state index in [1.165, 1.54) is 30.3 Å². The maximum atomic E-state index is 13.1. The van der Waals surface area contributed by atoms with E-state index in [0.717, 1.165) is 0 Å². The zero-order valence-corrected chi connectivity index (χ0v) is 11.3. The van der Waals surface area contributed by atoms with Gasteiger partial charge in [0.2, 0.25) is 0 Å². The molecule has 0 atom stereocenters. The minimum Gasteiger partial charge on any atom is -0.455 e. The average Bonchev–Trinajstić information content (AvgIpc) is 2.34. The second kappa shape index (κ2) is 5.50. The van der Waals surface area contributed by atoms with Crippen LogP contribution in [0.5, 0.6) is 11.5 Å². The summed E-state index contributed by atoms with van der Waals surface area (Å²) in [5, 5.41) is 0.433. The van der Waals surface area contributed by atoms with Crippen molar-refractivity contribution in [3.8, 4) is 11.5 Å². The fraction of sp³-hybridized carbons (Fsp3) is 0. The molecule has 0 aromatic heterocycles. The van der Waals surface area contributed by atoms with E-state index in [4.69, 9.17) is 16.3 Å². The first kappa shape index (κ1) is 13.1. The molecule has 0 aliphatic rings. The van der Waals surface area contributed by atoms with Gasteiger partial charge in [-0.2, -0.15) is 0 Å². The topological polar surface area (TPSA) is 26.3 Å². The van der Waals surface area contributed by atoms with Crippen molar-refractivity contribution in [2.75, 3.05) is 0 Å². The Balaban J connectivity index is 2.41. The van der Waals surface area contributed by atoms with E-state index in [-0.39, 0.29) is 11.5 Å². The zero-order chi connectivity index (χ0) is 13.1. The molecular weight excluding hydrogens is 322 g/mol. The van der Waals surface area contributed by atoms with Crippen LogP contribution in [0, 0.1) is 5.82 Å². The molecule has 92 valence electrons. The molecule has 0 saturated carbocycles. The molecule has 2 aromatic rings. The lowest BCUT2D eigenvalue weighted by Crippen LogP contribution is -1.92. The van der Waals surface area contributed by atoms with E-state index >= 15 is 0 Å². The molecule has 18 heavy (non-hydrogen) atoms. The molecule has 0 heterocycles. The molecule has 0 saturated heterocycles. The zero-order valence-electron chi connectivity index (χ0n) is 8.99. The summed E-state index contributed by atoms with van der Waals surface area (Å²) in [6, 6.07) is 8.67. The first-order valence-corrected chi connectivity index (χ1v) is 6.15. The maximum Gasteiger partial charge on any atom is 0.153 e. The quantitative estimate of drug-likeness (QED) is 0.753. The smallest absolute Gasteiger partial charge is 0.153 e. The SMILES string of the molecule is O=Cc1ccc(Cl)cc1Oc1cc(F)ccc1Br. The number of benzene rings is 2. The van der Waals surface area contributed by atoms with Crippen molar-refractivity contribution in [1.82, 2.24) is 0 Å². The van der Waals surface area contributed by atoms with Crippen LogP contribution in [0.4, 0.5) is 4.39 Å². The predicted octanol–water partition coefficient (Wildman–Crippen LogP) is 4.85. The summed E-state index contributed by atoms with van der Waals surface area (Å²) >= 11 is 9.07. The predicted molar refractivity (Wildman–Crippen MR) is 71.0 cm³/mol. The summed E-state index contributed by atoms with van der Waals surface area (Å²) in [7, 11) is 0. The van der Waals surface area contributed by atoms with E-state index in [9.17, 15) is 9.18 Å². The Hall–Kier alpha value is -1.39. The van der Waals surface area contributed by atoms with Gasteiger partial charge in [0.25, 0.3) is 0 Å². The minimum absolute atomic E-state index is 0.278. The van der Waals surface area contributed by atoms with Gasteiger partial charge in [0.1, 0.15) is 17.3 Å². The fourth-order valence-corrected chi connectivity index (χ4v) is 1.86. The third-order valence-corrected chi connectivity index (χ3v) is 3.11. The Morgan fingerprint density at radius 2 is 1.94 bits per heavy atom. The number of ether oxygens (including phenoxy) is 1. The van der Waals surface area contributed by atoms with Gasteiger partial charge in [-0.05, 0) is 40.2 Å². The van der Waals surface area contributed by atoms with Crippen molar-refractivity contribution in [2.45, 2.75) is 0 Å². The summed E-state index contributed by atoms with van der Waals surface area (Å²) in [4.78, 5) is 10.9. The van der Waals surface area contributed by atoms with Gasteiger partial charge in [-0.1, -0.05) is 11.6 Å². The number of hydrogen-bond donors (Lipinski definition) is 0. The average molecular weight is 330 g/mol. The second-order valence-electron chi connectivity index (χ2n) is 3.48. The van der Waals surface area contributed by atoms with Crippen LogP contribution in [-0.2, 0) is 0 Å². The third kappa shape index (κ3) is 2.89. The monoisotopic (exact) mass is 328 g/mol. The van der Waals surface area contributed by atoms with Crippen LogP contribution in [0.3, 0.4) is 0 Å². The molecule has 0 spiro atoms. The fourth-order valence-electron chi connectivity index (χ4n) is 1.37. The highest BCUT2D eigenvalue weighted by Gasteiger charge is 2.09. The number of carbonyl (C=O) groups excluding carboxylic acids is 1. The van der Waals surface area contributed by atoms with Crippen LogP contribution in [0.2, 0.25) is 5.02 Å². The molecule has 0 fully saturated rings. The number of halogens is 3. The summed E-state index contributed by atoms with van der Waals surface area (Å²) in [6.45, 7) is 0. The van der Waals surface area contributed by atoms with E-state index in [0.29, 0.717) is 21.3 Å². The Morgan fingerprint density at radius 1 is 1.17 bits per heavy atom. The Morgan fingerprint density at radius 3 is 2.67 bits per heavy atom. The lowest BCUT2D eigenvalue weighted by molar-refractivity contribution is 0.112. The van der Waals surface area contributed by atoms with Gasteiger partial charge < -0.3 is 4.74 Å². The second-order valence-corrected chi connectivity index (χ2v) is 4.77. The highest BCUT2D eigenvalue weighted by Crippen LogP contribution is 2.32. The Bertz CT molecular complexity index is 602. The number of hydrogen-bond acceptors (Lipinski definition) is 2. The lowest BCUT2D eigenvalue weighted by Gasteiger charge is -2.10. The van der Waals surface area contributed by atoms with Gasteiger partial charge >= 0.3 is 0 Å². The van der Waals surface area contributed by atoms with Gasteiger partial charge in [-0.3, -0.25) is 4.79 Å². The highest BCUT2D eigenvalue weighted by atomic mass is 79.9. The summed E-state index contributed by atoms with van der Waals surface area (Å²) < 4.78 is 19.2. The highest BCUT2D eigenvalue weighted by molar-refractivity contribution is 9.10. The van der Waals surface area contributed by atoms with Gasteiger partial charge in [0.15, 0.2) is 6.29 Å². The first-order valence-electron chi connectivity index (χ1n) is 4.98. The van der Waals surface area contributed by atoms with Gasteiger partial charge in [-0.25, -0.2) is 4.39 Å². The molecule has 2 nitrogen and oxygen atoms in total. The van der Waals surface area contributed by atoms with E-state index < -0.39 is 5.82 Å². The van der Waals surface area contributed by atoms with Crippen molar-refractivity contribution in [2.24, 2.45) is 0 Å². The molecule has 0 bridgehead atoms. The third-order valence-electron chi connectivity index (χ3n) is 2.22. The first-order chi connectivity index (χ1) is 8.60. The molecule has 2 aromatic carbocycles. The molecular formula is C13H7BrClFO2. The van der Waals surface area contributed by atoms with Crippen LogP contribution in [0.15, 0.2) is 40.9 Å². The van der Waals surface area contributed by atoms with Crippen molar-refractivity contribution in [3.63, 3.8) is 0 Å². The van der Waals surface area contributed by atoms with Crippen LogP contribution in [0.1, 0.15) is 10.4 Å². The van der Waals surface area contributed by atoms with Crippen LogP contribution < -0.4 is 4.74 Å². The molecule has 0 radical (unpaired) electrons. The number of aldehydes is 1. The van der Waals surface area contributed by atoms with E-state index in [2.05, 4.69) is 15.9 Å².